The molecule has 1 saturated carbocycles. The molecule has 0 amide bonds. The number of halogens is 2. The Bertz CT molecular complexity index is 498. The number of hydrogen-bond acceptors (Lipinski definition) is 2. The van der Waals surface area contributed by atoms with Crippen molar-refractivity contribution < 1.29 is 4.74 Å². The van der Waals surface area contributed by atoms with Gasteiger partial charge in [-0.15, -0.1) is 0 Å². The molecule has 3 rings (SSSR count). The summed E-state index contributed by atoms with van der Waals surface area (Å²) in [7, 11) is 0. The van der Waals surface area contributed by atoms with Gasteiger partial charge in [0, 0.05) is 23.9 Å². The van der Waals surface area contributed by atoms with E-state index in [1.807, 2.05) is 0 Å². The summed E-state index contributed by atoms with van der Waals surface area (Å²) in [6.45, 7) is 6.06. The van der Waals surface area contributed by atoms with Crippen LogP contribution < -0.4 is 0 Å². The molecule has 112 valence electrons. The minimum atomic E-state index is 0.239. The lowest BCUT2D eigenvalue weighted by Gasteiger charge is -2.33. The maximum atomic E-state index is 6.10. The van der Waals surface area contributed by atoms with Gasteiger partial charge in [-0.25, -0.2) is 0 Å². The highest BCUT2D eigenvalue weighted by Crippen LogP contribution is 2.50. The number of nitrogens with zero attached hydrogens (tertiary/aromatic N) is 2. The molecule has 0 aromatic carbocycles. The van der Waals surface area contributed by atoms with Crippen LogP contribution in [0.4, 0.5) is 0 Å². The second kappa shape index (κ2) is 5.73. The molecule has 3 nitrogen and oxygen atoms in total. The van der Waals surface area contributed by atoms with Gasteiger partial charge in [0.05, 0.1) is 22.0 Å². The fraction of sp³-hybridized carbons (Fsp3) is 0.800. The van der Waals surface area contributed by atoms with Crippen molar-refractivity contribution in [2.24, 2.45) is 11.3 Å². The molecular formula is C15H22Br2N2O. The minimum Gasteiger partial charge on any atom is -0.377 e. The third kappa shape index (κ3) is 2.50. The third-order valence-corrected chi connectivity index (χ3v) is 6.94. The van der Waals surface area contributed by atoms with Gasteiger partial charge in [0.15, 0.2) is 0 Å². The lowest BCUT2D eigenvalue weighted by Crippen LogP contribution is -2.37. The Morgan fingerprint density at radius 1 is 1.45 bits per heavy atom. The normalized spacial score (nSPS) is 30.1. The predicted molar refractivity (Wildman–Crippen MR) is 87.4 cm³/mol. The lowest BCUT2D eigenvalue weighted by atomic mass is 9.77. The molecule has 2 heterocycles. The van der Waals surface area contributed by atoms with E-state index in [9.17, 15) is 0 Å². The maximum Gasteiger partial charge on any atom is 0.0738 e. The van der Waals surface area contributed by atoms with Crippen molar-refractivity contribution in [1.82, 2.24) is 9.78 Å². The van der Waals surface area contributed by atoms with Gasteiger partial charge in [-0.2, -0.15) is 5.10 Å². The summed E-state index contributed by atoms with van der Waals surface area (Å²) in [6, 6.07) is 0. The van der Waals surface area contributed by atoms with E-state index in [2.05, 4.69) is 55.5 Å². The zero-order chi connectivity index (χ0) is 14.3. The molecule has 0 bridgehead atoms. The first-order valence-electron chi connectivity index (χ1n) is 7.50. The average molecular weight is 406 g/mol. The van der Waals surface area contributed by atoms with Crippen LogP contribution in [0.15, 0.2) is 4.47 Å². The number of aryl methyl sites for hydroxylation is 2. The summed E-state index contributed by atoms with van der Waals surface area (Å²) in [4.78, 5) is 0. The quantitative estimate of drug-likeness (QED) is 0.689. The number of alkyl halides is 1. The van der Waals surface area contributed by atoms with E-state index in [0.717, 1.165) is 42.9 Å². The molecular weight excluding hydrogens is 384 g/mol. The number of hydrogen-bond donors (Lipinski definition) is 0. The fourth-order valence-electron chi connectivity index (χ4n) is 3.49. The minimum absolute atomic E-state index is 0.239. The summed E-state index contributed by atoms with van der Waals surface area (Å²) in [5.74, 6) is 0.785. The molecule has 0 N–H and O–H groups in total. The summed E-state index contributed by atoms with van der Waals surface area (Å²) >= 11 is 7.52. The molecule has 2 unspecified atom stereocenters. The van der Waals surface area contributed by atoms with Crippen LogP contribution in [0.25, 0.3) is 0 Å². The van der Waals surface area contributed by atoms with E-state index in [1.165, 1.54) is 23.0 Å². The van der Waals surface area contributed by atoms with Gasteiger partial charge in [-0.05, 0) is 61.4 Å². The molecule has 0 spiro atoms. The van der Waals surface area contributed by atoms with Crippen molar-refractivity contribution in [3.63, 3.8) is 0 Å². The van der Waals surface area contributed by atoms with Crippen LogP contribution in [0.3, 0.4) is 0 Å². The van der Waals surface area contributed by atoms with Crippen molar-refractivity contribution in [2.45, 2.75) is 52.2 Å². The Labute approximate surface area is 137 Å². The second-order valence-electron chi connectivity index (χ2n) is 6.21. The molecule has 20 heavy (non-hydrogen) atoms. The van der Waals surface area contributed by atoms with Gasteiger partial charge >= 0.3 is 0 Å². The van der Waals surface area contributed by atoms with Crippen molar-refractivity contribution in [3.8, 4) is 0 Å². The highest BCUT2D eigenvalue weighted by Gasteiger charge is 2.50. The molecule has 1 aliphatic carbocycles. The van der Waals surface area contributed by atoms with Crippen LogP contribution in [0.1, 0.15) is 37.6 Å². The van der Waals surface area contributed by atoms with Crippen LogP contribution in [0, 0.1) is 18.3 Å². The molecule has 1 saturated heterocycles. The van der Waals surface area contributed by atoms with E-state index in [0.29, 0.717) is 6.10 Å². The van der Waals surface area contributed by atoms with Crippen molar-refractivity contribution in [1.29, 1.82) is 0 Å². The second-order valence-corrected chi connectivity index (χ2v) is 7.57. The first-order valence-corrected chi connectivity index (χ1v) is 9.42. The fourth-order valence-corrected chi connectivity index (χ4v) is 4.72. The van der Waals surface area contributed by atoms with Gasteiger partial charge in [-0.3, -0.25) is 4.68 Å². The van der Waals surface area contributed by atoms with E-state index in [1.54, 1.807) is 0 Å². The Kier molecular flexibility index (Phi) is 4.31. The van der Waals surface area contributed by atoms with E-state index < -0.39 is 0 Å². The van der Waals surface area contributed by atoms with Crippen LogP contribution in [0.2, 0.25) is 0 Å². The lowest BCUT2D eigenvalue weighted by molar-refractivity contribution is 0.0405. The largest absolute Gasteiger partial charge is 0.377 e. The SMILES string of the molecule is CCn1nc(C)c(Br)c1CC1(CBr)CCOC1C1CC1. The molecule has 1 aliphatic heterocycles. The zero-order valence-corrected chi connectivity index (χ0v) is 15.3. The Balaban J connectivity index is 1.91. The maximum absolute atomic E-state index is 6.10. The molecule has 0 radical (unpaired) electrons. The van der Waals surface area contributed by atoms with Crippen LogP contribution >= 0.6 is 31.9 Å². The van der Waals surface area contributed by atoms with Crippen molar-refractivity contribution >= 4 is 31.9 Å². The third-order valence-electron chi connectivity index (χ3n) is 4.79. The van der Waals surface area contributed by atoms with Crippen molar-refractivity contribution in [3.05, 3.63) is 15.9 Å². The van der Waals surface area contributed by atoms with Gasteiger partial charge in [0.1, 0.15) is 0 Å². The number of ether oxygens (including phenoxy) is 1. The average Bonchev–Trinajstić information content (AvgIpc) is 3.16. The summed E-state index contributed by atoms with van der Waals surface area (Å²) < 4.78 is 9.43. The summed E-state index contributed by atoms with van der Waals surface area (Å²) in [6.07, 6.45) is 5.31. The first-order chi connectivity index (χ1) is 9.61. The van der Waals surface area contributed by atoms with Gasteiger partial charge in [0.2, 0.25) is 0 Å². The zero-order valence-electron chi connectivity index (χ0n) is 12.2. The number of aromatic nitrogens is 2. The van der Waals surface area contributed by atoms with Crippen LogP contribution in [-0.4, -0.2) is 27.8 Å². The van der Waals surface area contributed by atoms with E-state index in [-0.39, 0.29) is 5.41 Å². The Morgan fingerprint density at radius 2 is 2.20 bits per heavy atom. The van der Waals surface area contributed by atoms with Gasteiger partial charge in [-0.1, -0.05) is 15.9 Å². The Morgan fingerprint density at radius 3 is 2.80 bits per heavy atom. The van der Waals surface area contributed by atoms with Crippen LogP contribution in [-0.2, 0) is 17.7 Å². The monoisotopic (exact) mass is 404 g/mol. The van der Waals surface area contributed by atoms with E-state index >= 15 is 0 Å². The molecule has 2 aliphatic rings. The number of rotatable bonds is 5. The topological polar surface area (TPSA) is 27.1 Å². The van der Waals surface area contributed by atoms with Crippen LogP contribution in [0.5, 0.6) is 0 Å². The van der Waals surface area contributed by atoms with E-state index in [4.69, 9.17) is 4.74 Å². The standard InChI is InChI=1S/C15H22Br2N2O/c1-3-19-12(13(17)10(2)18-19)8-15(9-16)6-7-20-14(15)11-4-5-11/h11,14H,3-9H2,1-2H3. The van der Waals surface area contributed by atoms with Gasteiger partial charge < -0.3 is 4.74 Å². The van der Waals surface area contributed by atoms with Crippen molar-refractivity contribution in [2.75, 3.05) is 11.9 Å². The highest BCUT2D eigenvalue weighted by molar-refractivity contribution is 9.10. The predicted octanol–water partition coefficient (Wildman–Crippen LogP) is 4.10. The summed E-state index contributed by atoms with van der Waals surface area (Å²) in [5, 5.41) is 5.65. The molecule has 2 fully saturated rings. The molecule has 2 atom stereocenters. The molecule has 1 aromatic rings. The summed E-state index contributed by atoms with van der Waals surface area (Å²) in [5.41, 5.74) is 2.66. The Hall–Kier alpha value is 0.130. The van der Waals surface area contributed by atoms with Gasteiger partial charge in [0.25, 0.3) is 0 Å². The first kappa shape index (κ1) is 15.0. The highest BCUT2D eigenvalue weighted by atomic mass is 79.9. The molecule has 5 heteroatoms. The molecule has 1 aromatic heterocycles. The smallest absolute Gasteiger partial charge is 0.0738 e.